The van der Waals surface area contributed by atoms with E-state index < -0.39 is 5.97 Å². The third kappa shape index (κ3) is 2.28. The molecule has 1 N–H and O–H groups in total. The molecule has 3 aromatic rings. The van der Waals surface area contributed by atoms with Crippen LogP contribution in [0.2, 0.25) is 10.0 Å². The highest BCUT2D eigenvalue weighted by Gasteiger charge is 2.11. The van der Waals surface area contributed by atoms with E-state index in [0.29, 0.717) is 22.4 Å². The molecule has 0 aliphatic heterocycles. The molecule has 0 bridgehead atoms. The van der Waals surface area contributed by atoms with E-state index in [2.05, 4.69) is 0 Å². The van der Waals surface area contributed by atoms with Crippen LogP contribution in [0.1, 0.15) is 16.3 Å². The number of carbonyl (C=O) groups is 1. The fraction of sp³-hybridized carbons (Fsp3) is 0.0714. The molecule has 0 saturated heterocycles. The van der Waals surface area contributed by atoms with Crippen molar-refractivity contribution in [1.82, 2.24) is 4.57 Å². The lowest BCUT2D eigenvalue weighted by molar-refractivity contribution is 0.0660. The summed E-state index contributed by atoms with van der Waals surface area (Å²) < 4.78 is 7.14. The second kappa shape index (κ2) is 4.89. The molecule has 1 aromatic carbocycles. The molecule has 20 heavy (non-hydrogen) atoms. The average Bonchev–Trinajstić information content (AvgIpc) is 2.98. The topological polar surface area (TPSA) is 55.4 Å². The van der Waals surface area contributed by atoms with Gasteiger partial charge in [-0.2, -0.15) is 0 Å². The number of halogens is 2. The van der Waals surface area contributed by atoms with Crippen molar-refractivity contribution in [3.8, 4) is 0 Å². The third-order valence-electron chi connectivity index (χ3n) is 3.00. The van der Waals surface area contributed by atoms with E-state index in [-0.39, 0.29) is 5.76 Å². The second-order valence-corrected chi connectivity index (χ2v) is 5.18. The number of hydrogen-bond donors (Lipinski definition) is 1. The SMILES string of the molecule is O=C(O)c1ccc(Cn2ccc3c(Cl)cc(Cl)cc32)o1. The van der Waals surface area contributed by atoms with Crippen molar-refractivity contribution >= 4 is 40.1 Å². The number of nitrogens with zero attached hydrogens (tertiary/aromatic N) is 1. The predicted molar refractivity (Wildman–Crippen MR) is 76.7 cm³/mol. The van der Waals surface area contributed by atoms with E-state index in [9.17, 15) is 4.79 Å². The molecule has 6 heteroatoms. The van der Waals surface area contributed by atoms with Gasteiger partial charge in [0.25, 0.3) is 0 Å². The van der Waals surface area contributed by atoms with Crippen molar-refractivity contribution in [3.63, 3.8) is 0 Å². The summed E-state index contributed by atoms with van der Waals surface area (Å²) in [6, 6.07) is 8.45. The van der Waals surface area contributed by atoms with Crippen LogP contribution in [0.5, 0.6) is 0 Å². The van der Waals surface area contributed by atoms with Gasteiger partial charge in [0.05, 0.1) is 17.1 Å². The standard InChI is InChI=1S/C14H9Cl2NO3/c15-8-5-11(16)10-3-4-17(12(10)6-8)7-9-1-2-13(20-9)14(18)19/h1-6H,7H2,(H,18,19). The zero-order valence-corrected chi connectivity index (χ0v) is 11.6. The van der Waals surface area contributed by atoms with Gasteiger partial charge in [-0.15, -0.1) is 0 Å². The second-order valence-electron chi connectivity index (χ2n) is 4.34. The molecule has 0 aliphatic carbocycles. The first kappa shape index (κ1) is 13.1. The molecule has 0 radical (unpaired) electrons. The number of furan rings is 1. The van der Waals surface area contributed by atoms with Crippen LogP contribution < -0.4 is 0 Å². The van der Waals surface area contributed by atoms with Gasteiger partial charge in [-0.25, -0.2) is 4.79 Å². The Balaban J connectivity index is 2.00. The summed E-state index contributed by atoms with van der Waals surface area (Å²) in [4.78, 5) is 10.8. The summed E-state index contributed by atoms with van der Waals surface area (Å²) in [6.45, 7) is 0.410. The summed E-state index contributed by atoms with van der Waals surface area (Å²) in [5.41, 5.74) is 0.871. The normalized spacial score (nSPS) is 11.1. The molecule has 4 nitrogen and oxygen atoms in total. The Morgan fingerprint density at radius 2 is 2.05 bits per heavy atom. The lowest BCUT2D eigenvalue weighted by Gasteiger charge is -2.04. The molecule has 102 valence electrons. The Morgan fingerprint density at radius 1 is 1.25 bits per heavy atom. The number of benzene rings is 1. The highest BCUT2D eigenvalue weighted by atomic mass is 35.5. The number of fused-ring (bicyclic) bond motifs is 1. The van der Waals surface area contributed by atoms with Crippen molar-refractivity contribution in [2.45, 2.75) is 6.54 Å². The fourth-order valence-electron chi connectivity index (χ4n) is 2.10. The number of carboxylic acids is 1. The van der Waals surface area contributed by atoms with Gasteiger partial charge in [0.1, 0.15) is 5.76 Å². The number of aromatic nitrogens is 1. The molecule has 2 aromatic heterocycles. The van der Waals surface area contributed by atoms with Gasteiger partial charge in [-0.1, -0.05) is 23.2 Å². The summed E-state index contributed by atoms with van der Waals surface area (Å²) >= 11 is 12.1. The first-order valence-electron chi connectivity index (χ1n) is 5.80. The number of rotatable bonds is 3. The molecule has 0 saturated carbocycles. The van der Waals surface area contributed by atoms with Crippen molar-refractivity contribution < 1.29 is 14.3 Å². The summed E-state index contributed by atoms with van der Waals surface area (Å²) in [5.74, 6) is -0.608. The van der Waals surface area contributed by atoms with Gasteiger partial charge in [0, 0.05) is 16.6 Å². The number of aromatic carboxylic acids is 1. The quantitative estimate of drug-likeness (QED) is 0.785. The van der Waals surface area contributed by atoms with Crippen molar-refractivity contribution in [2.75, 3.05) is 0 Å². The molecule has 2 heterocycles. The molecular formula is C14H9Cl2NO3. The largest absolute Gasteiger partial charge is 0.475 e. The zero-order valence-electron chi connectivity index (χ0n) is 10.1. The molecule has 0 fully saturated rings. The Labute approximate surface area is 124 Å². The van der Waals surface area contributed by atoms with Crippen LogP contribution in [0.25, 0.3) is 10.9 Å². The van der Waals surface area contributed by atoms with E-state index in [1.165, 1.54) is 6.07 Å². The minimum absolute atomic E-state index is 0.0764. The molecular weight excluding hydrogens is 301 g/mol. The Hall–Kier alpha value is -1.91. The number of carboxylic acid groups (broad SMARTS) is 1. The highest BCUT2D eigenvalue weighted by molar-refractivity contribution is 6.38. The Bertz CT molecular complexity index is 804. The van der Waals surface area contributed by atoms with Crippen LogP contribution in [0.3, 0.4) is 0 Å². The molecule has 0 aliphatic rings. The molecule has 0 atom stereocenters. The monoisotopic (exact) mass is 309 g/mol. The average molecular weight is 310 g/mol. The van der Waals surface area contributed by atoms with Gasteiger partial charge in [0.15, 0.2) is 0 Å². The summed E-state index contributed by atoms with van der Waals surface area (Å²) in [7, 11) is 0. The van der Waals surface area contributed by atoms with Gasteiger partial charge < -0.3 is 14.1 Å². The van der Waals surface area contributed by atoms with E-state index in [4.69, 9.17) is 32.7 Å². The maximum Gasteiger partial charge on any atom is 0.371 e. The van der Waals surface area contributed by atoms with Gasteiger partial charge in [0.2, 0.25) is 5.76 Å². The van der Waals surface area contributed by atoms with Crippen molar-refractivity contribution in [2.24, 2.45) is 0 Å². The predicted octanol–water partition coefficient (Wildman–Crippen LogP) is 4.29. The summed E-state index contributed by atoms with van der Waals surface area (Å²) in [6.07, 6.45) is 1.86. The van der Waals surface area contributed by atoms with Gasteiger partial charge in [-0.05, 0) is 30.3 Å². The van der Waals surface area contributed by atoms with E-state index in [1.807, 2.05) is 22.9 Å². The minimum atomic E-state index is -1.08. The van der Waals surface area contributed by atoms with E-state index >= 15 is 0 Å². The van der Waals surface area contributed by atoms with Crippen molar-refractivity contribution in [3.05, 3.63) is 58.1 Å². The van der Waals surface area contributed by atoms with Crippen LogP contribution in [0.15, 0.2) is 40.9 Å². The highest BCUT2D eigenvalue weighted by Crippen LogP contribution is 2.29. The molecule has 0 unspecified atom stereocenters. The molecule has 0 amide bonds. The fourth-order valence-corrected chi connectivity index (χ4v) is 2.65. The van der Waals surface area contributed by atoms with Crippen LogP contribution in [0.4, 0.5) is 0 Å². The van der Waals surface area contributed by atoms with Gasteiger partial charge >= 0.3 is 5.97 Å². The van der Waals surface area contributed by atoms with E-state index in [0.717, 1.165) is 10.9 Å². The Kier molecular flexibility index (Phi) is 3.20. The summed E-state index contributed by atoms with van der Waals surface area (Å²) in [5, 5.41) is 10.9. The van der Waals surface area contributed by atoms with E-state index in [1.54, 1.807) is 12.1 Å². The van der Waals surface area contributed by atoms with Crippen LogP contribution in [0, 0.1) is 0 Å². The van der Waals surface area contributed by atoms with Crippen LogP contribution in [-0.2, 0) is 6.54 Å². The maximum absolute atomic E-state index is 10.8. The lowest BCUT2D eigenvalue weighted by atomic mass is 10.2. The first-order valence-corrected chi connectivity index (χ1v) is 6.56. The molecule has 0 spiro atoms. The molecule has 3 rings (SSSR count). The Morgan fingerprint density at radius 3 is 2.75 bits per heavy atom. The van der Waals surface area contributed by atoms with Crippen molar-refractivity contribution in [1.29, 1.82) is 0 Å². The first-order chi connectivity index (χ1) is 9.54. The lowest BCUT2D eigenvalue weighted by Crippen LogP contribution is -1.97. The van der Waals surface area contributed by atoms with Crippen LogP contribution >= 0.6 is 23.2 Å². The maximum atomic E-state index is 10.8. The zero-order chi connectivity index (χ0) is 14.3. The smallest absolute Gasteiger partial charge is 0.371 e. The number of hydrogen-bond acceptors (Lipinski definition) is 2. The van der Waals surface area contributed by atoms with Crippen LogP contribution in [-0.4, -0.2) is 15.6 Å². The van der Waals surface area contributed by atoms with Gasteiger partial charge in [-0.3, -0.25) is 0 Å². The minimum Gasteiger partial charge on any atom is -0.475 e. The third-order valence-corrected chi connectivity index (χ3v) is 3.53.